The Morgan fingerprint density at radius 3 is 2.60 bits per heavy atom. The lowest BCUT2D eigenvalue weighted by Gasteiger charge is -2.32. The van der Waals surface area contributed by atoms with Gasteiger partial charge >= 0.3 is 5.97 Å². The summed E-state index contributed by atoms with van der Waals surface area (Å²) in [6.45, 7) is -0.249. The molecule has 1 aliphatic heterocycles. The highest BCUT2D eigenvalue weighted by Gasteiger charge is 2.39. The maximum atomic E-state index is 14.1. The summed E-state index contributed by atoms with van der Waals surface area (Å²) in [5.74, 6) is -3.84. The second-order valence-corrected chi connectivity index (χ2v) is 6.62. The fourth-order valence-corrected chi connectivity index (χ4v) is 3.24. The zero-order valence-electron chi connectivity index (χ0n) is 12.9. The second-order valence-electron chi connectivity index (χ2n) is 5.70. The molecular formula is C18H13BrFNO4. The third kappa shape index (κ3) is 3.32. The van der Waals surface area contributed by atoms with E-state index in [0.717, 1.165) is 4.90 Å². The predicted octanol–water partition coefficient (Wildman–Crippen LogP) is 3.33. The first-order chi connectivity index (χ1) is 11.9. The van der Waals surface area contributed by atoms with E-state index < -0.39 is 35.9 Å². The first-order valence-electron chi connectivity index (χ1n) is 7.49. The lowest BCUT2D eigenvalue weighted by atomic mass is 9.86. The van der Waals surface area contributed by atoms with E-state index in [1.807, 2.05) is 0 Å². The fraction of sp³-hybridized carbons (Fsp3) is 0.167. The van der Waals surface area contributed by atoms with Gasteiger partial charge in [0.05, 0.1) is 18.9 Å². The molecule has 0 bridgehead atoms. The van der Waals surface area contributed by atoms with E-state index in [4.69, 9.17) is 5.11 Å². The van der Waals surface area contributed by atoms with Crippen LogP contribution in [0.4, 0.5) is 4.39 Å². The molecular weight excluding hydrogens is 393 g/mol. The number of rotatable bonds is 4. The zero-order chi connectivity index (χ0) is 18.1. The number of hydrogen-bond acceptors (Lipinski definition) is 3. The van der Waals surface area contributed by atoms with Gasteiger partial charge in [0.2, 0.25) is 5.91 Å². The summed E-state index contributed by atoms with van der Waals surface area (Å²) in [6.07, 6.45) is -0.428. The lowest BCUT2D eigenvalue weighted by Crippen LogP contribution is -2.44. The molecule has 1 heterocycles. The molecule has 2 amide bonds. The molecule has 0 aliphatic carbocycles. The number of hydrogen-bond donors (Lipinski definition) is 1. The van der Waals surface area contributed by atoms with Gasteiger partial charge in [-0.15, -0.1) is 0 Å². The normalized spacial score (nSPS) is 16.7. The number of halogens is 2. The quantitative estimate of drug-likeness (QED) is 0.791. The van der Waals surface area contributed by atoms with Crippen LogP contribution in [0.1, 0.15) is 33.8 Å². The molecule has 0 aromatic heterocycles. The lowest BCUT2D eigenvalue weighted by molar-refractivity contribution is -0.141. The molecule has 2 aromatic rings. The number of carbonyl (C=O) groups is 3. The number of amides is 2. The first kappa shape index (κ1) is 17.3. The van der Waals surface area contributed by atoms with Crippen LogP contribution in [0.5, 0.6) is 0 Å². The smallest absolute Gasteiger partial charge is 0.304 e. The highest BCUT2D eigenvalue weighted by Crippen LogP contribution is 2.33. The van der Waals surface area contributed by atoms with Gasteiger partial charge in [-0.1, -0.05) is 40.2 Å². The Morgan fingerprint density at radius 1 is 1.20 bits per heavy atom. The molecule has 0 saturated carbocycles. The number of carboxylic acid groups (broad SMARTS) is 1. The average Bonchev–Trinajstić information content (AvgIpc) is 2.57. The van der Waals surface area contributed by atoms with Crippen LogP contribution in [-0.4, -0.2) is 27.8 Å². The van der Waals surface area contributed by atoms with Crippen molar-refractivity contribution in [3.8, 4) is 0 Å². The summed E-state index contributed by atoms with van der Waals surface area (Å²) in [5.41, 5.74) is 0.844. The van der Waals surface area contributed by atoms with Crippen LogP contribution in [0.3, 0.4) is 0 Å². The van der Waals surface area contributed by atoms with Crippen molar-refractivity contribution in [1.82, 2.24) is 4.90 Å². The van der Waals surface area contributed by atoms with Crippen molar-refractivity contribution >= 4 is 33.7 Å². The van der Waals surface area contributed by atoms with E-state index in [0.29, 0.717) is 10.0 Å². The summed E-state index contributed by atoms with van der Waals surface area (Å²) in [5, 5.41) is 9.10. The van der Waals surface area contributed by atoms with Gasteiger partial charge in [-0.05, 0) is 23.8 Å². The van der Waals surface area contributed by atoms with Crippen molar-refractivity contribution in [2.45, 2.75) is 18.9 Å². The van der Waals surface area contributed by atoms with Crippen LogP contribution in [0.15, 0.2) is 46.9 Å². The third-order valence-electron chi connectivity index (χ3n) is 4.10. The van der Waals surface area contributed by atoms with Gasteiger partial charge < -0.3 is 5.11 Å². The fourth-order valence-electron chi connectivity index (χ4n) is 2.90. The summed E-state index contributed by atoms with van der Waals surface area (Å²) in [4.78, 5) is 37.5. The Balaban J connectivity index is 2.01. The number of carbonyl (C=O) groups excluding carboxylic acids is 2. The summed E-state index contributed by atoms with van der Waals surface area (Å²) < 4.78 is 14.6. The van der Waals surface area contributed by atoms with Gasteiger partial charge in [-0.3, -0.25) is 19.3 Å². The number of aliphatic carboxylic acids is 1. The zero-order valence-corrected chi connectivity index (χ0v) is 14.5. The molecule has 0 saturated heterocycles. The van der Waals surface area contributed by atoms with Crippen LogP contribution in [-0.2, 0) is 16.1 Å². The molecule has 1 unspecified atom stereocenters. The standard InChI is InChI=1S/C18H13BrFNO4/c19-11-6-5-10(15(20)7-11)9-21-17(24)13-4-2-1-3-12(13)14(18(21)25)8-16(22)23/h1-7,14H,8-9H2,(H,22,23). The molecule has 0 spiro atoms. The maximum absolute atomic E-state index is 14.1. The summed E-state index contributed by atoms with van der Waals surface area (Å²) in [7, 11) is 0. The molecule has 0 radical (unpaired) electrons. The molecule has 5 nitrogen and oxygen atoms in total. The molecule has 3 rings (SSSR count). The van der Waals surface area contributed by atoms with Crippen molar-refractivity contribution < 1.29 is 23.9 Å². The van der Waals surface area contributed by atoms with Gasteiger partial charge in [0, 0.05) is 15.6 Å². The minimum absolute atomic E-state index is 0.179. The minimum Gasteiger partial charge on any atom is -0.481 e. The Labute approximate surface area is 151 Å². The van der Waals surface area contributed by atoms with Crippen LogP contribution < -0.4 is 0 Å². The van der Waals surface area contributed by atoms with Crippen LogP contribution in [0.25, 0.3) is 0 Å². The topological polar surface area (TPSA) is 74.7 Å². The van der Waals surface area contributed by atoms with Gasteiger partial charge in [0.25, 0.3) is 5.91 Å². The average molecular weight is 406 g/mol. The third-order valence-corrected chi connectivity index (χ3v) is 4.59. The molecule has 0 fully saturated rings. The van der Waals surface area contributed by atoms with Crippen molar-refractivity contribution in [3.05, 3.63) is 69.4 Å². The molecule has 25 heavy (non-hydrogen) atoms. The van der Waals surface area contributed by atoms with Crippen LogP contribution >= 0.6 is 15.9 Å². The number of nitrogens with zero attached hydrogens (tertiary/aromatic N) is 1. The summed E-state index contributed by atoms with van der Waals surface area (Å²) >= 11 is 3.15. The van der Waals surface area contributed by atoms with Gasteiger partial charge in [0.1, 0.15) is 5.82 Å². The Hall–Kier alpha value is -2.54. The largest absolute Gasteiger partial charge is 0.481 e. The Kier molecular flexibility index (Phi) is 4.67. The molecule has 2 aromatic carbocycles. The second kappa shape index (κ2) is 6.76. The van der Waals surface area contributed by atoms with Crippen LogP contribution in [0.2, 0.25) is 0 Å². The molecule has 1 aliphatic rings. The molecule has 1 N–H and O–H groups in total. The van der Waals surface area contributed by atoms with E-state index in [1.165, 1.54) is 12.1 Å². The first-order valence-corrected chi connectivity index (χ1v) is 8.28. The predicted molar refractivity (Wildman–Crippen MR) is 90.4 cm³/mol. The minimum atomic E-state index is -1.14. The number of benzene rings is 2. The molecule has 128 valence electrons. The number of imide groups is 1. The van der Waals surface area contributed by atoms with Gasteiger partial charge in [-0.2, -0.15) is 0 Å². The maximum Gasteiger partial charge on any atom is 0.304 e. The Bertz CT molecular complexity index is 883. The SMILES string of the molecule is O=C(O)CC1C(=O)N(Cc2ccc(Br)cc2F)C(=O)c2ccccc21. The van der Waals surface area contributed by atoms with E-state index in [9.17, 15) is 18.8 Å². The van der Waals surface area contributed by atoms with Crippen molar-refractivity contribution in [1.29, 1.82) is 0 Å². The van der Waals surface area contributed by atoms with E-state index in [-0.39, 0.29) is 17.7 Å². The van der Waals surface area contributed by atoms with Gasteiger partial charge in [-0.25, -0.2) is 4.39 Å². The molecule has 1 atom stereocenters. The number of carboxylic acids is 1. The van der Waals surface area contributed by atoms with Crippen molar-refractivity contribution in [2.75, 3.05) is 0 Å². The van der Waals surface area contributed by atoms with Crippen molar-refractivity contribution in [2.24, 2.45) is 0 Å². The summed E-state index contributed by atoms with van der Waals surface area (Å²) in [6, 6.07) is 10.8. The van der Waals surface area contributed by atoms with E-state index in [1.54, 1.807) is 30.3 Å². The van der Waals surface area contributed by atoms with E-state index >= 15 is 0 Å². The number of fused-ring (bicyclic) bond motifs is 1. The Morgan fingerprint density at radius 2 is 1.92 bits per heavy atom. The van der Waals surface area contributed by atoms with Crippen LogP contribution in [0, 0.1) is 5.82 Å². The highest BCUT2D eigenvalue weighted by atomic mass is 79.9. The van der Waals surface area contributed by atoms with Crippen molar-refractivity contribution in [3.63, 3.8) is 0 Å². The molecule has 7 heteroatoms. The van der Waals surface area contributed by atoms with E-state index in [2.05, 4.69) is 15.9 Å². The highest BCUT2D eigenvalue weighted by molar-refractivity contribution is 9.10. The van der Waals surface area contributed by atoms with Gasteiger partial charge in [0.15, 0.2) is 0 Å². The monoisotopic (exact) mass is 405 g/mol.